The van der Waals surface area contributed by atoms with Crippen LogP contribution in [0.5, 0.6) is 0 Å². The highest BCUT2D eigenvalue weighted by Crippen LogP contribution is 2.28. The van der Waals surface area contributed by atoms with Gasteiger partial charge in [0.15, 0.2) is 5.96 Å². The fourth-order valence-corrected chi connectivity index (χ4v) is 3.69. The van der Waals surface area contributed by atoms with Gasteiger partial charge in [0, 0.05) is 32.1 Å². The van der Waals surface area contributed by atoms with Crippen LogP contribution in [-0.4, -0.2) is 56.4 Å². The van der Waals surface area contributed by atoms with E-state index in [0.717, 1.165) is 11.3 Å². The lowest BCUT2D eigenvalue weighted by Gasteiger charge is -2.32. The predicted octanol–water partition coefficient (Wildman–Crippen LogP) is 2.87. The van der Waals surface area contributed by atoms with Gasteiger partial charge in [0.2, 0.25) is 0 Å². The van der Waals surface area contributed by atoms with Crippen molar-refractivity contribution in [2.45, 2.75) is 37.7 Å². The van der Waals surface area contributed by atoms with Crippen molar-refractivity contribution in [3.8, 4) is 0 Å². The molecule has 0 atom stereocenters. The number of hydrogen-bond acceptors (Lipinski definition) is 4. The van der Waals surface area contributed by atoms with Crippen LogP contribution in [0.15, 0.2) is 40.0 Å². The van der Waals surface area contributed by atoms with Gasteiger partial charge < -0.3 is 15.1 Å². The Balaban J connectivity index is 0.00000420. The largest absolute Gasteiger partial charge is 0.511 e. The van der Waals surface area contributed by atoms with Crippen molar-refractivity contribution < 1.29 is 26.0 Å². The molecular formula is C17H26F3IN4O3S. The summed E-state index contributed by atoms with van der Waals surface area (Å²) in [5, 5.41) is 6.32. The monoisotopic (exact) mass is 550 g/mol. The van der Waals surface area contributed by atoms with E-state index in [-0.39, 0.29) is 55.9 Å². The number of hydrogen-bond donors (Lipinski definition) is 2. The van der Waals surface area contributed by atoms with E-state index in [0.29, 0.717) is 29.8 Å². The number of piperidine rings is 1. The molecule has 1 fully saturated rings. The van der Waals surface area contributed by atoms with Crippen LogP contribution in [-0.2, 0) is 16.4 Å². The molecule has 166 valence electrons. The van der Waals surface area contributed by atoms with Crippen LogP contribution in [0.4, 0.5) is 13.2 Å². The van der Waals surface area contributed by atoms with E-state index in [1.807, 2.05) is 13.0 Å². The maximum atomic E-state index is 12.7. The summed E-state index contributed by atoms with van der Waals surface area (Å²) in [6, 6.07) is 3.47. The Labute approximate surface area is 185 Å². The fraction of sp³-hybridized carbons (Fsp3) is 0.588. The lowest BCUT2D eigenvalue weighted by molar-refractivity contribution is -0.0494. The second-order valence-corrected chi connectivity index (χ2v) is 8.58. The molecule has 0 spiro atoms. The SMILES string of the molecule is C=C(C)CN=C(NCCc1ccco1)NC1CCN(S(=O)(=O)C(F)(F)F)CC1.I. The van der Waals surface area contributed by atoms with Crippen LogP contribution in [0.25, 0.3) is 0 Å². The molecule has 2 heterocycles. The van der Waals surface area contributed by atoms with Crippen molar-refractivity contribution in [2.75, 3.05) is 26.2 Å². The molecule has 0 aliphatic carbocycles. The van der Waals surface area contributed by atoms with Crippen molar-refractivity contribution in [3.63, 3.8) is 0 Å². The molecule has 0 saturated carbocycles. The maximum Gasteiger partial charge on any atom is 0.511 e. The van der Waals surface area contributed by atoms with Crippen LogP contribution in [0.1, 0.15) is 25.5 Å². The molecule has 1 saturated heterocycles. The van der Waals surface area contributed by atoms with E-state index in [4.69, 9.17) is 4.42 Å². The maximum absolute atomic E-state index is 12.7. The first kappa shape index (κ1) is 25.8. The number of alkyl halides is 3. The van der Waals surface area contributed by atoms with Gasteiger partial charge in [0.05, 0.1) is 12.8 Å². The molecule has 1 aromatic rings. The average molecular weight is 550 g/mol. The number of nitrogens with one attached hydrogen (secondary N) is 2. The van der Waals surface area contributed by atoms with Crippen LogP contribution in [0.2, 0.25) is 0 Å². The van der Waals surface area contributed by atoms with Crippen molar-refractivity contribution in [2.24, 2.45) is 4.99 Å². The predicted molar refractivity (Wildman–Crippen MR) is 116 cm³/mol. The fourth-order valence-electron chi connectivity index (χ4n) is 2.71. The summed E-state index contributed by atoms with van der Waals surface area (Å²) in [5.74, 6) is 1.32. The molecule has 1 aliphatic heterocycles. The summed E-state index contributed by atoms with van der Waals surface area (Å²) >= 11 is 0. The molecule has 2 rings (SSSR count). The normalized spacial score (nSPS) is 16.9. The van der Waals surface area contributed by atoms with E-state index in [9.17, 15) is 21.6 Å². The van der Waals surface area contributed by atoms with Crippen LogP contribution < -0.4 is 10.6 Å². The van der Waals surface area contributed by atoms with Gasteiger partial charge in [-0.05, 0) is 31.9 Å². The molecule has 12 heteroatoms. The molecular weight excluding hydrogens is 524 g/mol. The second kappa shape index (κ2) is 11.2. The van der Waals surface area contributed by atoms with Gasteiger partial charge in [-0.3, -0.25) is 0 Å². The summed E-state index contributed by atoms with van der Waals surface area (Å²) < 4.78 is 66.7. The lowest BCUT2D eigenvalue weighted by Crippen LogP contribution is -2.51. The quantitative estimate of drug-likeness (QED) is 0.236. The zero-order valence-corrected chi connectivity index (χ0v) is 19.2. The van der Waals surface area contributed by atoms with Crippen molar-refractivity contribution >= 4 is 40.0 Å². The Kier molecular flexibility index (Phi) is 9.95. The van der Waals surface area contributed by atoms with Gasteiger partial charge in [-0.1, -0.05) is 12.2 Å². The Morgan fingerprint density at radius 1 is 1.38 bits per heavy atom. The highest BCUT2D eigenvalue weighted by Gasteiger charge is 2.50. The third-order valence-corrected chi connectivity index (χ3v) is 5.81. The number of rotatable bonds is 7. The van der Waals surface area contributed by atoms with Gasteiger partial charge in [-0.25, -0.2) is 13.4 Å². The smallest absolute Gasteiger partial charge is 0.469 e. The van der Waals surface area contributed by atoms with Gasteiger partial charge in [-0.2, -0.15) is 17.5 Å². The highest BCUT2D eigenvalue weighted by atomic mass is 127. The van der Waals surface area contributed by atoms with E-state index in [1.54, 1.807) is 12.3 Å². The molecule has 0 unspecified atom stereocenters. The van der Waals surface area contributed by atoms with E-state index < -0.39 is 15.5 Å². The molecule has 0 radical (unpaired) electrons. The molecule has 1 aromatic heterocycles. The minimum atomic E-state index is -5.27. The molecule has 7 nitrogen and oxygen atoms in total. The summed E-state index contributed by atoms with van der Waals surface area (Å²) in [4.78, 5) is 4.40. The van der Waals surface area contributed by atoms with E-state index >= 15 is 0 Å². The highest BCUT2D eigenvalue weighted by molar-refractivity contribution is 14.0. The summed E-state index contributed by atoms with van der Waals surface area (Å²) in [7, 11) is -5.27. The molecule has 0 aromatic carbocycles. The Bertz CT molecular complexity index is 774. The van der Waals surface area contributed by atoms with E-state index in [2.05, 4.69) is 22.2 Å². The van der Waals surface area contributed by atoms with E-state index in [1.165, 1.54) is 0 Å². The van der Waals surface area contributed by atoms with Crippen LogP contribution in [0, 0.1) is 0 Å². The number of guanidine groups is 1. The Morgan fingerprint density at radius 2 is 2.03 bits per heavy atom. The Morgan fingerprint density at radius 3 is 2.55 bits per heavy atom. The molecule has 0 bridgehead atoms. The third-order valence-electron chi connectivity index (χ3n) is 4.18. The summed E-state index contributed by atoms with van der Waals surface area (Å²) in [6.45, 7) is 6.20. The first-order chi connectivity index (χ1) is 13.1. The zero-order valence-electron chi connectivity index (χ0n) is 16.0. The Hall–Kier alpha value is -1.28. The molecule has 0 amide bonds. The summed E-state index contributed by atoms with van der Waals surface area (Å²) in [6.07, 6.45) is 2.73. The molecule has 29 heavy (non-hydrogen) atoms. The average Bonchev–Trinajstić information content (AvgIpc) is 3.12. The van der Waals surface area contributed by atoms with Crippen molar-refractivity contribution in [1.82, 2.24) is 14.9 Å². The lowest BCUT2D eigenvalue weighted by atomic mass is 10.1. The standard InChI is InChI=1S/C17H25F3N4O3S.HI/c1-13(2)12-22-16(21-8-5-15-4-3-11-27-15)23-14-6-9-24(10-7-14)28(25,26)17(18,19)20;/h3-4,11,14H,1,5-10,12H2,2H3,(H2,21,22,23);1H. The number of aliphatic imine (C=N–C) groups is 1. The van der Waals surface area contributed by atoms with Gasteiger partial charge >= 0.3 is 15.5 Å². The molecule has 2 N–H and O–H groups in total. The van der Waals surface area contributed by atoms with Crippen molar-refractivity contribution in [3.05, 3.63) is 36.3 Å². The number of sulfonamides is 1. The van der Waals surface area contributed by atoms with Gasteiger partial charge in [0.1, 0.15) is 5.76 Å². The van der Waals surface area contributed by atoms with Gasteiger partial charge in [-0.15, -0.1) is 24.0 Å². The second-order valence-electron chi connectivity index (χ2n) is 6.65. The summed E-state index contributed by atoms with van der Waals surface area (Å²) in [5.41, 5.74) is -4.41. The van der Waals surface area contributed by atoms with Crippen LogP contribution >= 0.6 is 24.0 Å². The first-order valence-corrected chi connectivity index (χ1v) is 10.3. The van der Waals surface area contributed by atoms with Crippen molar-refractivity contribution in [1.29, 1.82) is 0 Å². The third kappa shape index (κ3) is 7.81. The minimum absolute atomic E-state index is 0. The minimum Gasteiger partial charge on any atom is -0.469 e. The molecule has 1 aliphatic rings. The number of halogens is 4. The topological polar surface area (TPSA) is 86.9 Å². The first-order valence-electron chi connectivity index (χ1n) is 8.87. The van der Waals surface area contributed by atoms with Crippen LogP contribution in [0.3, 0.4) is 0 Å². The number of furan rings is 1. The number of nitrogens with zero attached hydrogens (tertiary/aromatic N) is 2. The van der Waals surface area contributed by atoms with Gasteiger partial charge in [0.25, 0.3) is 0 Å². The zero-order chi connectivity index (χ0) is 20.8.